The second-order valence-corrected chi connectivity index (χ2v) is 9.92. The molecule has 1 aliphatic rings. The quantitative estimate of drug-likeness (QED) is 0.246. The maximum Gasteiger partial charge on any atom is 0.416 e. The molecule has 2 heterocycles. The summed E-state index contributed by atoms with van der Waals surface area (Å²) < 4.78 is 41.9. The molecule has 10 heteroatoms. The molecule has 0 atom stereocenters. The van der Waals surface area contributed by atoms with Crippen LogP contribution in [0.2, 0.25) is 5.02 Å². The van der Waals surface area contributed by atoms with Gasteiger partial charge in [-0.25, -0.2) is 0 Å². The van der Waals surface area contributed by atoms with Crippen LogP contribution in [-0.2, 0) is 23.9 Å². The first-order chi connectivity index (χ1) is 17.7. The normalized spacial score (nSPS) is 15.4. The zero-order chi connectivity index (χ0) is 26.2. The van der Waals surface area contributed by atoms with Crippen molar-refractivity contribution in [2.75, 3.05) is 6.54 Å². The van der Waals surface area contributed by atoms with Gasteiger partial charge >= 0.3 is 6.18 Å². The highest BCUT2D eigenvalue weighted by molar-refractivity contribution is 8.18. The molecule has 2 amide bonds. The van der Waals surface area contributed by atoms with Gasteiger partial charge in [0.1, 0.15) is 0 Å². The fourth-order valence-electron chi connectivity index (χ4n) is 4.16. The van der Waals surface area contributed by atoms with Crippen molar-refractivity contribution in [2.24, 2.45) is 0 Å². The van der Waals surface area contributed by atoms with E-state index in [4.69, 9.17) is 11.6 Å². The molecule has 3 aromatic carbocycles. The summed E-state index contributed by atoms with van der Waals surface area (Å²) in [5.41, 5.74) is 1.60. The SMILES string of the molecule is O=C1SC(=Cc2ccc3c(cnn3Cc3ccc(Cl)cc3C(F)(F)F)c2)C(=O)N1CCc1ccccc1. The Balaban J connectivity index is 1.35. The highest BCUT2D eigenvalue weighted by Crippen LogP contribution is 2.35. The van der Waals surface area contributed by atoms with E-state index in [9.17, 15) is 22.8 Å². The minimum absolute atomic E-state index is 0.00974. The molecule has 5 nitrogen and oxygen atoms in total. The minimum Gasteiger partial charge on any atom is -0.268 e. The predicted octanol–water partition coefficient (Wildman–Crippen LogP) is 7.04. The molecule has 0 radical (unpaired) electrons. The van der Waals surface area contributed by atoms with Crippen molar-refractivity contribution in [3.8, 4) is 0 Å². The van der Waals surface area contributed by atoms with E-state index in [0.29, 0.717) is 34.3 Å². The van der Waals surface area contributed by atoms with Crippen molar-refractivity contribution in [2.45, 2.75) is 19.1 Å². The summed E-state index contributed by atoms with van der Waals surface area (Å²) in [7, 11) is 0. The van der Waals surface area contributed by atoms with E-state index < -0.39 is 11.7 Å². The van der Waals surface area contributed by atoms with E-state index in [2.05, 4.69) is 5.10 Å². The van der Waals surface area contributed by atoms with Gasteiger partial charge in [-0.05, 0) is 65.2 Å². The lowest BCUT2D eigenvalue weighted by Gasteiger charge is -2.14. The molecule has 1 aromatic heterocycles. The monoisotopic (exact) mass is 541 g/mol. The van der Waals surface area contributed by atoms with Crippen LogP contribution in [0.25, 0.3) is 17.0 Å². The molecule has 188 valence electrons. The Morgan fingerprint density at radius 2 is 1.78 bits per heavy atom. The standard InChI is InChI=1S/C27H19ClF3N3O2S/c28-21-8-7-19(22(14-21)27(29,30)31)16-34-23-9-6-18(12-20(23)15-32-34)13-24-25(35)33(26(36)37-24)11-10-17-4-2-1-3-5-17/h1-9,12-15H,10-11,16H2. The van der Waals surface area contributed by atoms with Crippen LogP contribution in [0, 0.1) is 0 Å². The van der Waals surface area contributed by atoms with Crippen LogP contribution in [0.5, 0.6) is 0 Å². The average molecular weight is 542 g/mol. The number of hydrogen-bond acceptors (Lipinski definition) is 4. The molecule has 0 saturated carbocycles. The number of halogens is 4. The van der Waals surface area contributed by atoms with Gasteiger partial charge in [-0.3, -0.25) is 19.2 Å². The second-order valence-electron chi connectivity index (χ2n) is 8.49. The lowest BCUT2D eigenvalue weighted by Crippen LogP contribution is -2.30. The van der Waals surface area contributed by atoms with Crippen molar-refractivity contribution < 1.29 is 22.8 Å². The predicted molar refractivity (Wildman–Crippen MR) is 138 cm³/mol. The Hall–Kier alpha value is -3.56. The molecule has 0 N–H and O–H groups in total. The lowest BCUT2D eigenvalue weighted by atomic mass is 10.1. The molecule has 1 saturated heterocycles. The van der Waals surface area contributed by atoms with Crippen LogP contribution in [0.1, 0.15) is 22.3 Å². The molecule has 0 spiro atoms. The first-order valence-corrected chi connectivity index (χ1v) is 12.5. The molecule has 1 fully saturated rings. The smallest absolute Gasteiger partial charge is 0.268 e. The number of carbonyl (C=O) groups is 2. The zero-order valence-electron chi connectivity index (χ0n) is 19.2. The molecular weight excluding hydrogens is 523 g/mol. The van der Waals surface area contributed by atoms with Crippen molar-refractivity contribution in [1.29, 1.82) is 0 Å². The number of amides is 2. The molecule has 37 heavy (non-hydrogen) atoms. The fourth-order valence-corrected chi connectivity index (χ4v) is 5.20. The number of alkyl halides is 3. The van der Waals surface area contributed by atoms with Gasteiger partial charge in [0, 0.05) is 17.0 Å². The maximum atomic E-state index is 13.5. The molecule has 5 rings (SSSR count). The Morgan fingerprint density at radius 3 is 2.54 bits per heavy atom. The second kappa shape index (κ2) is 10.1. The summed E-state index contributed by atoms with van der Waals surface area (Å²) in [5, 5.41) is 4.65. The number of imide groups is 1. The number of nitrogens with zero attached hydrogens (tertiary/aromatic N) is 3. The van der Waals surface area contributed by atoms with Crippen molar-refractivity contribution in [1.82, 2.24) is 14.7 Å². The average Bonchev–Trinajstić information content (AvgIpc) is 3.38. The third-order valence-electron chi connectivity index (χ3n) is 6.00. The van der Waals surface area contributed by atoms with Crippen LogP contribution >= 0.6 is 23.4 Å². The van der Waals surface area contributed by atoms with E-state index in [0.717, 1.165) is 23.4 Å². The largest absolute Gasteiger partial charge is 0.416 e. The van der Waals surface area contributed by atoms with E-state index in [1.807, 2.05) is 30.3 Å². The Labute approximate surface area is 219 Å². The highest BCUT2D eigenvalue weighted by atomic mass is 35.5. The summed E-state index contributed by atoms with van der Waals surface area (Å²) in [6.45, 7) is 0.206. The summed E-state index contributed by atoms with van der Waals surface area (Å²) in [4.78, 5) is 26.8. The van der Waals surface area contributed by atoms with Crippen LogP contribution < -0.4 is 0 Å². The van der Waals surface area contributed by atoms with Crippen LogP contribution in [0.3, 0.4) is 0 Å². The summed E-state index contributed by atoms with van der Waals surface area (Å²) >= 11 is 6.67. The Bertz CT molecular complexity index is 1530. The van der Waals surface area contributed by atoms with Crippen LogP contribution in [-0.4, -0.2) is 32.4 Å². The van der Waals surface area contributed by atoms with Gasteiger partial charge in [0.15, 0.2) is 0 Å². The molecule has 0 aliphatic carbocycles. The number of benzene rings is 3. The van der Waals surface area contributed by atoms with Crippen molar-refractivity contribution >= 4 is 51.5 Å². The Kier molecular flexibility index (Phi) is 6.83. The first kappa shape index (κ1) is 25.1. The van der Waals surface area contributed by atoms with Crippen LogP contribution in [0.15, 0.2) is 77.8 Å². The number of fused-ring (bicyclic) bond motifs is 1. The lowest BCUT2D eigenvalue weighted by molar-refractivity contribution is -0.138. The van der Waals surface area contributed by atoms with E-state index in [1.54, 1.807) is 30.5 Å². The number of aromatic nitrogens is 2. The van der Waals surface area contributed by atoms with Crippen molar-refractivity contribution in [3.05, 3.63) is 105 Å². The zero-order valence-corrected chi connectivity index (χ0v) is 20.8. The van der Waals surface area contributed by atoms with E-state index in [1.165, 1.54) is 21.7 Å². The van der Waals surface area contributed by atoms with Gasteiger partial charge < -0.3 is 0 Å². The van der Waals surface area contributed by atoms with Gasteiger partial charge in [0.05, 0.1) is 28.7 Å². The molecule has 1 aliphatic heterocycles. The molecule has 0 bridgehead atoms. The number of carbonyl (C=O) groups excluding carboxylic acids is 2. The summed E-state index contributed by atoms with van der Waals surface area (Å²) in [5.74, 6) is -0.343. The number of hydrogen-bond donors (Lipinski definition) is 0. The molecule has 0 unspecified atom stereocenters. The topological polar surface area (TPSA) is 55.2 Å². The maximum absolute atomic E-state index is 13.5. The number of rotatable bonds is 6. The number of thioether (sulfide) groups is 1. The van der Waals surface area contributed by atoms with E-state index in [-0.39, 0.29) is 28.3 Å². The third kappa shape index (κ3) is 5.42. The van der Waals surface area contributed by atoms with Crippen molar-refractivity contribution in [3.63, 3.8) is 0 Å². The Morgan fingerprint density at radius 1 is 1.00 bits per heavy atom. The van der Waals surface area contributed by atoms with Gasteiger partial charge in [-0.2, -0.15) is 18.3 Å². The summed E-state index contributed by atoms with van der Waals surface area (Å²) in [6.07, 6.45) is -0.770. The molecule has 4 aromatic rings. The highest BCUT2D eigenvalue weighted by Gasteiger charge is 2.35. The fraction of sp³-hybridized carbons (Fsp3) is 0.148. The minimum atomic E-state index is -4.54. The van der Waals surface area contributed by atoms with Gasteiger partial charge in [0.2, 0.25) is 0 Å². The van der Waals surface area contributed by atoms with Crippen LogP contribution in [0.4, 0.5) is 18.0 Å². The summed E-state index contributed by atoms with van der Waals surface area (Å²) in [6, 6.07) is 18.5. The first-order valence-electron chi connectivity index (χ1n) is 11.3. The third-order valence-corrected chi connectivity index (χ3v) is 7.14. The molecular formula is C27H19ClF3N3O2S. The van der Waals surface area contributed by atoms with E-state index >= 15 is 0 Å². The van der Waals surface area contributed by atoms with Gasteiger partial charge in [-0.15, -0.1) is 0 Å². The van der Waals surface area contributed by atoms with Gasteiger partial charge in [0.25, 0.3) is 11.1 Å². The van der Waals surface area contributed by atoms with Gasteiger partial charge in [-0.1, -0.05) is 54.1 Å².